The molecule has 0 saturated carbocycles. The van der Waals surface area contributed by atoms with Crippen LogP contribution in [0.15, 0.2) is 85.6 Å². The van der Waals surface area contributed by atoms with Gasteiger partial charge in [0.2, 0.25) is 5.91 Å². The summed E-state index contributed by atoms with van der Waals surface area (Å²) >= 11 is 0. The molecule has 0 aliphatic rings. The molecule has 0 unspecified atom stereocenters. The van der Waals surface area contributed by atoms with Crippen LogP contribution in [0, 0.1) is 0 Å². The summed E-state index contributed by atoms with van der Waals surface area (Å²) in [5.74, 6) is -0.278. The average Bonchev–Trinajstić information content (AvgIpc) is 3.23. The third-order valence-electron chi connectivity index (χ3n) is 5.40. The lowest BCUT2D eigenvalue weighted by Crippen LogP contribution is -2.44. The van der Waals surface area contributed by atoms with Gasteiger partial charge in [-0.25, -0.2) is 4.79 Å². The van der Waals surface area contributed by atoms with Gasteiger partial charge in [-0.3, -0.25) is 4.79 Å². The van der Waals surface area contributed by atoms with Crippen LogP contribution in [-0.4, -0.2) is 39.4 Å². The van der Waals surface area contributed by atoms with Gasteiger partial charge in [0.1, 0.15) is 6.54 Å². The Morgan fingerprint density at radius 2 is 1.66 bits per heavy atom. The van der Waals surface area contributed by atoms with E-state index in [4.69, 9.17) is 0 Å². The van der Waals surface area contributed by atoms with Crippen molar-refractivity contribution in [3.05, 3.63) is 102 Å². The van der Waals surface area contributed by atoms with E-state index in [1.807, 2.05) is 60.3 Å². The molecule has 35 heavy (non-hydrogen) atoms. The zero-order chi connectivity index (χ0) is 25.4. The predicted octanol–water partition coefficient (Wildman–Crippen LogP) is 5.29. The van der Waals surface area contributed by atoms with Gasteiger partial charge in [-0.2, -0.15) is 13.2 Å². The minimum atomic E-state index is -4.47. The molecule has 1 heterocycles. The van der Waals surface area contributed by atoms with Gasteiger partial charge in [-0.1, -0.05) is 36.4 Å². The Morgan fingerprint density at radius 3 is 2.23 bits per heavy atom. The highest BCUT2D eigenvalue weighted by atomic mass is 19.4. The van der Waals surface area contributed by atoms with E-state index in [9.17, 15) is 22.8 Å². The summed E-state index contributed by atoms with van der Waals surface area (Å²) in [5.41, 5.74) is 1.25. The molecule has 0 atom stereocenters. The second-order valence-corrected chi connectivity index (χ2v) is 8.02. The molecule has 0 aliphatic heterocycles. The SMILES string of the molecule is C=CCN(CC(=O)N(Cc1ccccc1)Cc1cccn1C)C(=O)Nc1ccc(C(F)(F)F)cc1. The fourth-order valence-electron chi connectivity index (χ4n) is 3.48. The number of aryl methyl sites for hydroxylation is 1. The molecule has 1 aromatic heterocycles. The van der Waals surface area contributed by atoms with Crippen LogP contribution in [0.3, 0.4) is 0 Å². The molecule has 0 spiro atoms. The molecular weight excluding hydrogens is 457 g/mol. The highest BCUT2D eigenvalue weighted by Crippen LogP contribution is 2.29. The topological polar surface area (TPSA) is 57.6 Å². The minimum Gasteiger partial charge on any atom is -0.353 e. The Hall–Kier alpha value is -4.01. The zero-order valence-corrected chi connectivity index (χ0v) is 19.3. The number of benzene rings is 2. The largest absolute Gasteiger partial charge is 0.416 e. The van der Waals surface area contributed by atoms with Crippen LogP contribution in [0.25, 0.3) is 0 Å². The van der Waals surface area contributed by atoms with E-state index in [2.05, 4.69) is 11.9 Å². The van der Waals surface area contributed by atoms with E-state index in [1.54, 1.807) is 4.90 Å². The summed E-state index contributed by atoms with van der Waals surface area (Å²) in [7, 11) is 1.89. The van der Waals surface area contributed by atoms with Gasteiger partial charge < -0.3 is 19.7 Å². The van der Waals surface area contributed by atoms with Crippen molar-refractivity contribution in [1.82, 2.24) is 14.4 Å². The van der Waals surface area contributed by atoms with Crippen LogP contribution in [0.1, 0.15) is 16.8 Å². The summed E-state index contributed by atoms with van der Waals surface area (Å²) < 4.78 is 40.3. The molecule has 0 bridgehead atoms. The Bertz CT molecular complexity index is 1140. The second-order valence-electron chi connectivity index (χ2n) is 8.02. The number of urea groups is 1. The van der Waals surface area contributed by atoms with Crippen molar-refractivity contribution in [3.8, 4) is 0 Å². The number of hydrogen-bond donors (Lipinski definition) is 1. The standard InChI is InChI=1S/C26H27F3N4O2/c1-3-15-32(25(35)30-22-13-11-21(12-14-22)26(27,28)29)19-24(34)33(17-20-8-5-4-6-9-20)18-23-10-7-16-31(23)2/h3-14,16H,1,15,17-19H2,2H3,(H,30,35). The van der Waals surface area contributed by atoms with Crippen molar-refractivity contribution in [3.63, 3.8) is 0 Å². The smallest absolute Gasteiger partial charge is 0.353 e. The molecule has 9 heteroatoms. The normalized spacial score (nSPS) is 11.1. The number of amides is 3. The molecular formula is C26H27F3N4O2. The van der Waals surface area contributed by atoms with Crippen molar-refractivity contribution < 1.29 is 22.8 Å². The van der Waals surface area contributed by atoms with E-state index < -0.39 is 17.8 Å². The lowest BCUT2D eigenvalue weighted by atomic mass is 10.2. The van der Waals surface area contributed by atoms with Crippen molar-refractivity contribution in [2.45, 2.75) is 19.3 Å². The number of nitrogens with zero attached hydrogens (tertiary/aromatic N) is 3. The Morgan fingerprint density at radius 1 is 0.971 bits per heavy atom. The van der Waals surface area contributed by atoms with Crippen LogP contribution in [0.5, 0.6) is 0 Å². The predicted molar refractivity (Wildman–Crippen MR) is 128 cm³/mol. The number of nitrogens with one attached hydrogen (secondary N) is 1. The Balaban J connectivity index is 1.73. The molecule has 0 fully saturated rings. The van der Waals surface area contributed by atoms with Gasteiger partial charge in [-0.05, 0) is 42.0 Å². The maximum Gasteiger partial charge on any atom is 0.416 e. The zero-order valence-electron chi connectivity index (χ0n) is 19.3. The van der Waals surface area contributed by atoms with E-state index >= 15 is 0 Å². The summed E-state index contributed by atoms with van der Waals surface area (Å²) in [6, 6.07) is 16.8. The lowest BCUT2D eigenvalue weighted by Gasteiger charge is -2.27. The van der Waals surface area contributed by atoms with Crippen LogP contribution >= 0.6 is 0 Å². The summed E-state index contributed by atoms with van der Waals surface area (Å²) in [6.07, 6.45) is -1.09. The molecule has 0 aliphatic carbocycles. The summed E-state index contributed by atoms with van der Waals surface area (Å²) in [6.45, 7) is 4.21. The molecule has 1 N–H and O–H groups in total. The molecule has 6 nitrogen and oxygen atoms in total. The first-order chi connectivity index (χ1) is 16.7. The molecule has 2 aromatic carbocycles. The summed E-state index contributed by atoms with van der Waals surface area (Å²) in [4.78, 5) is 29.1. The number of alkyl halides is 3. The van der Waals surface area contributed by atoms with Gasteiger partial charge in [0.15, 0.2) is 0 Å². The number of aromatic nitrogens is 1. The average molecular weight is 485 g/mol. The quantitative estimate of drug-likeness (QED) is 0.420. The van der Waals surface area contributed by atoms with E-state index in [0.717, 1.165) is 23.4 Å². The highest BCUT2D eigenvalue weighted by Gasteiger charge is 2.30. The van der Waals surface area contributed by atoms with Gasteiger partial charge in [-0.15, -0.1) is 6.58 Å². The second kappa shape index (κ2) is 11.4. The molecule has 3 amide bonds. The monoisotopic (exact) mass is 484 g/mol. The maximum absolute atomic E-state index is 13.3. The fourth-order valence-corrected chi connectivity index (χ4v) is 3.48. The fraction of sp³-hybridized carbons (Fsp3) is 0.231. The molecule has 184 valence electrons. The number of carbonyl (C=O) groups is 2. The van der Waals surface area contributed by atoms with E-state index in [-0.39, 0.29) is 24.7 Å². The van der Waals surface area contributed by atoms with Crippen molar-refractivity contribution in [1.29, 1.82) is 0 Å². The van der Waals surface area contributed by atoms with E-state index in [0.29, 0.717) is 13.1 Å². The number of anilines is 1. The van der Waals surface area contributed by atoms with Gasteiger partial charge in [0, 0.05) is 37.7 Å². The minimum absolute atomic E-state index is 0.0849. The third kappa shape index (κ3) is 7.23. The molecule has 3 rings (SSSR count). The highest BCUT2D eigenvalue weighted by molar-refractivity contribution is 5.92. The van der Waals surface area contributed by atoms with Crippen LogP contribution < -0.4 is 5.32 Å². The maximum atomic E-state index is 13.3. The van der Waals surface area contributed by atoms with Crippen molar-refractivity contribution >= 4 is 17.6 Å². The van der Waals surface area contributed by atoms with E-state index in [1.165, 1.54) is 23.1 Å². The van der Waals surface area contributed by atoms with Crippen LogP contribution in [0.2, 0.25) is 0 Å². The number of halogens is 3. The summed E-state index contributed by atoms with van der Waals surface area (Å²) in [5, 5.41) is 2.55. The van der Waals surface area contributed by atoms with Gasteiger partial charge >= 0.3 is 12.2 Å². The first-order valence-electron chi connectivity index (χ1n) is 10.9. The lowest BCUT2D eigenvalue weighted by molar-refractivity contribution is -0.137. The van der Waals surface area contributed by atoms with Gasteiger partial charge in [0.05, 0.1) is 12.1 Å². The Labute approximate surface area is 202 Å². The third-order valence-corrected chi connectivity index (χ3v) is 5.40. The van der Waals surface area contributed by atoms with Crippen molar-refractivity contribution in [2.24, 2.45) is 7.05 Å². The number of rotatable bonds is 9. The number of hydrogen-bond acceptors (Lipinski definition) is 2. The molecule has 0 radical (unpaired) electrons. The van der Waals surface area contributed by atoms with Gasteiger partial charge in [0.25, 0.3) is 0 Å². The Kier molecular flexibility index (Phi) is 8.35. The first kappa shape index (κ1) is 25.6. The van der Waals surface area contributed by atoms with Crippen molar-refractivity contribution in [2.75, 3.05) is 18.4 Å². The van der Waals surface area contributed by atoms with Crippen LogP contribution in [-0.2, 0) is 31.1 Å². The first-order valence-corrected chi connectivity index (χ1v) is 10.9. The number of carbonyl (C=O) groups excluding carboxylic acids is 2. The molecule has 3 aromatic rings. The van der Waals surface area contributed by atoms with Crippen LogP contribution in [0.4, 0.5) is 23.7 Å². The molecule has 0 saturated heterocycles.